The molecule has 0 aromatic heterocycles. The molecule has 0 bridgehead atoms. The van der Waals surface area contributed by atoms with Gasteiger partial charge in [0.05, 0.1) is 31.5 Å². The van der Waals surface area contributed by atoms with Crippen molar-refractivity contribution in [2.75, 3.05) is 13.7 Å². The summed E-state index contributed by atoms with van der Waals surface area (Å²) >= 11 is 0. The lowest BCUT2D eigenvalue weighted by atomic mass is 9.88. The molecule has 0 radical (unpaired) electrons. The molecule has 1 unspecified atom stereocenters. The zero-order valence-corrected chi connectivity index (χ0v) is 22.0. The van der Waals surface area contributed by atoms with E-state index in [-0.39, 0.29) is 54.7 Å². The molecule has 196 valence electrons. The topological polar surface area (TPSA) is 131 Å². The second kappa shape index (κ2) is 13.2. The van der Waals surface area contributed by atoms with Crippen molar-refractivity contribution in [1.29, 1.82) is 0 Å². The highest BCUT2D eigenvalue weighted by Gasteiger charge is 2.36. The summed E-state index contributed by atoms with van der Waals surface area (Å²) in [7, 11) is 1.22. The van der Waals surface area contributed by atoms with E-state index in [0.717, 1.165) is 0 Å². The molecular formula is C26H39NO8. The predicted octanol–water partition coefficient (Wildman–Crippen LogP) is 3.45. The molecule has 0 fully saturated rings. The molecule has 35 heavy (non-hydrogen) atoms. The van der Waals surface area contributed by atoms with Gasteiger partial charge in [0.15, 0.2) is 11.5 Å². The minimum atomic E-state index is -1.51. The van der Waals surface area contributed by atoms with Gasteiger partial charge in [0.25, 0.3) is 0 Å². The molecule has 9 nitrogen and oxygen atoms in total. The monoisotopic (exact) mass is 493 g/mol. The predicted molar refractivity (Wildman–Crippen MR) is 130 cm³/mol. The summed E-state index contributed by atoms with van der Waals surface area (Å²) in [4.78, 5) is 49.1. The van der Waals surface area contributed by atoms with E-state index in [1.807, 2.05) is 13.8 Å². The summed E-state index contributed by atoms with van der Waals surface area (Å²) in [6.07, 6.45) is 0.0169. The van der Waals surface area contributed by atoms with Crippen molar-refractivity contribution in [2.24, 2.45) is 29.4 Å². The van der Waals surface area contributed by atoms with Crippen LogP contribution in [0, 0.1) is 23.7 Å². The van der Waals surface area contributed by atoms with Crippen molar-refractivity contribution >= 4 is 23.9 Å². The van der Waals surface area contributed by atoms with E-state index < -0.39 is 29.4 Å². The van der Waals surface area contributed by atoms with Crippen molar-refractivity contribution < 1.29 is 38.1 Å². The van der Waals surface area contributed by atoms with E-state index in [9.17, 15) is 19.2 Å². The highest BCUT2D eigenvalue weighted by molar-refractivity contribution is 5.81. The molecule has 9 heteroatoms. The Morgan fingerprint density at radius 3 is 1.89 bits per heavy atom. The van der Waals surface area contributed by atoms with E-state index in [1.165, 1.54) is 19.2 Å². The molecule has 1 aromatic rings. The highest BCUT2D eigenvalue weighted by Crippen LogP contribution is 2.32. The Kier molecular flexibility index (Phi) is 11.4. The Balaban J connectivity index is 3.17. The van der Waals surface area contributed by atoms with Crippen LogP contribution in [0.5, 0.6) is 11.5 Å². The molecule has 0 saturated heterocycles. The van der Waals surface area contributed by atoms with Crippen LogP contribution in [0.3, 0.4) is 0 Å². The van der Waals surface area contributed by atoms with Crippen LogP contribution in [0.15, 0.2) is 18.2 Å². The van der Waals surface area contributed by atoms with Crippen LogP contribution in [0.25, 0.3) is 0 Å². The van der Waals surface area contributed by atoms with Crippen LogP contribution in [-0.4, -0.2) is 43.1 Å². The fourth-order valence-corrected chi connectivity index (χ4v) is 2.85. The maximum Gasteiger partial charge on any atom is 0.326 e. The number of carbonyl (C=O) groups is 4. The van der Waals surface area contributed by atoms with E-state index in [0.29, 0.717) is 5.56 Å². The van der Waals surface area contributed by atoms with E-state index in [2.05, 4.69) is 0 Å². The lowest BCUT2D eigenvalue weighted by Gasteiger charge is -2.27. The fourth-order valence-electron chi connectivity index (χ4n) is 2.85. The number of carbonyl (C=O) groups excluding carboxylic acids is 4. The second-order valence-electron chi connectivity index (χ2n) is 9.71. The van der Waals surface area contributed by atoms with Crippen molar-refractivity contribution in [1.82, 2.24) is 0 Å². The number of methoxy groups -OCH3 is 1. The molecular weight excluding hydrogens is 454 g/mol. The molecule has 0 aliphatic heterocycles. The van der Waals surface area contributed by atoms with Gasteiger partial charge in [-0.15, -0.1) is 0 Å². The minimum absolute atomic E-state index is 0.00158. The van der Waals surface area contributed by atoms with Crippen LogP contribution in [0.1, 0.15) is 60.5 Å². The normalized spacial score (nSPS) is 13.8. The number of esters is 4. The summed E-state index contributed by atoms with van der Waals surface area (Å²) in [6.45, 7) is 12.3. The summed E-state index contributed by atoms with van der Waals surface area (Å²) in [5.41, 5.74) is 5.43. The van der Waals surface area contributed by atoms with Gasteiger partial charge in [-0.2, -0.15) is 0 Å². The lowest BCUT2D eigenvalue weighted by molar-refractivity contribution is -0.153. The first-order valence-electron chi connectivity index (χ1n) is 11.8. The van der Waals surface area contributed by atoms with Gasteiger partial charge in [-0.05, 0) is 23.6 Å². The molecule has 0 aliphatic carbocycles. The fraction of sp³-hybridized carbons (Fsp3) is 0.615. The second-order valence-corrected chi connectivity index (χ2v) is 9.71. The molecule has 0 aliphatic rings. The first-order chi connectivity index (χ1) is 16.2. The molecule has 2 atom stereocenters. The van der Waals surface area contributed by atoms with Gasteiger partial charge < -0.3 is 24.7 Å². The maximum atomic E-state index is 12.6. The van der Waals surface area contributed by atoms with Gasteiger partial charge in [-0.3, -0.25) is 19.2 Å². The Labute approximate surface area is 207 Å². The standard InChI is InChI=1S/C26H39NO8/c1-15(2)18(7)24(30)33-12-11-26(27,25(31)32-8)14-19-9-10-20(34-22(28)16(3)4)21(13-19)35-23(29)17(5)6/h9-10,13,15-18H,11-12,14,27H2,1-8H3/t18-,26?/m0/s1. The van der Waals surface area contributed by atoms with Gasteiger partial charge in [-0.25, -0.2) is 0 Å². The van der Waals surface area contributed by atoms with Gasteiger partial charge in [0.2, 0.25) is 0 Å². The van der Waals surface area contributed by atoms with Crippen molar-refractivity contribution in [3.8, 4) is 11.5 Å². The lowest BCUT2D eigenvalue weighted by Crippen LogP contribution is -2.51. The average molecular weight is 494 g/mol. The third-order valence-electron chi connectivity index (χ3n) is 5.65. The molecule has 2 N–H and O–H groups in total. The van der Waals surface area contributed by atoms with Crippen molar-refractivity contribution in [3.05, 3.63) is 23.8 Å². The third kappa shape index (κ3) is 8.98. The molecule has 1 aromatic carbocycles. The number of rotatable bonds is 12. The summed E-state index contributed by atoms with van der Waals surface area (Å²) < 4.78 is 21.1. The Morgan fingerprint density at radius 2 is 1.40 bits per heavy atom. The summed E-state index contributed by atoms with van der Waals surface area (Å²) in [5.74, 6) is -2.91. The summed E-state index contributed by atoms with van der Waals surface area (Å²) in [6, 6.07) is 4.61. The Hall–Kier alpha value is -2.94. The Bertz CT molecular complexity index is 909. The maximum absolute atomic E-state index is 12.6. The largest absolute Gasteiger partial charge is 0.468 e. The first kappa shape index (κ1) is 30.1. The smallest absolute Gasteiger partial charge is 0.326 e. The van der Waals surface area contributed by atoms with Gasteiger partial charge in [-0.1, -0.05) is 54.5 Å². The van der Waals surface area contributed by atoms with Crippen LogP contribution in [-0.2, 0) is 35.1 Å². The zero-order valence-electron chi connectivity index (χ0n) is 22.0. The molecule has 1 rings (SSSR count). The third-order valence-corrected chi connectivity index (χ3v) is 5.65. The highest BCUT2D eigenvalue weighted by atomic mass is 16.6. The molecule has 0 heterocycles. The van der Waals surface area contributed by atoms with Crippen LogP contribution < -0.4 is 15.2 Å². The van der Waals surface area contributed by atoms with Gasteiger partial charge >= 0.3 is 23.9 Å². The van der Waals surface area contributed by atoms with E-state index in [4.69, 9.17) is 24.7 Å². The quantitative estimate of drug-likeness (QED) is 0.343. The number of hydrogen-bond donors (Lipinski definition) is 1. The zero-order chi connectivity index (χ0) is 26.9. The van der Waals surface area contributed by atoms with Crippen LogP contribution in [0.2, 0.25) is 0 Å². The van der Waals surface area contributed by atoms with Gasteiger partial charge in [0.1, 0.15) is 5.54 Å². The molecule has 0 amide bonds. The van der Waals surface area contributed by atoms with Crippen molar-refractivity contribution in [3.63, 3.8) is 0 Å². The van der Waals surface area contributed by atoms with Crippen LogP contribution >= 0.6 is 0 Å². The number of benzene rings is 1. The van der Waals surface area contributed by atoms with Crippen molar-refractivity contribution in [2.45, 2.75) is 66.8 Å². The number of nitrogens with two attached hydrogens (primary N) is 1. The number of ether oxygens (including phenoxy) is 4. The van der Waals surface area contributed by atoms with Gasteiger partial charge in [0, 0.05) is 12.8 Å². The van der Waals surface area contributed by atoms with E-state index >= 15 is 0 Å². The molecule has 0 saturated carbocycles. The van der Waals surface area contributed by atoms with Crippen LogP contribution in [0.4, 0.5) is 0 Å². The molecule has 0 spiro atoms. The number of hydrogen-bond acceptors (Lipinski definition) is 9. The Morgan fingerprint density at radius 1 is 0.857 bits per heavy atom. The summed E-state index contributed by atoms with van der Waals surface area (Å²) in [5, 5.41) is 0. The SMILES string of the molecule is COC(=O)C(N)(CCOC(=O)[C@@H](C)C(C)C)Cc1ccc(OC(=O)C(C)C)c(OC(=O)C(C)C)c1. The average Bonchev–Trinajstić information content (AvgIpc) is 2.78. The minimum Gasteiger partial charge on any atom is -0.468 e. The first-order valence-corrected chi connectivity index (χ1v) is 11.8. The van der Waals surface area contributed by atoms with E-state index in [1.54, 1.807) is 40.7 Å².